The molecular weight excluding hydrogens is 533 g/mol. The Morgan fingerprint density at radius 1 is 0.951 bits per heavy atom. The van der Waals surface area contributed by atoms with E-state index >= 15 is 0 Å². The molecule has 4 aromatic rings. The lowest BCUT2D eigenvalue weighted by atomic mass is 9.75. The molecule has 0 saturated carbocycles. The predicted molar refractivity (Wildman–Crippen MR) is 145 cm³/mol. The number of aromatic nitrogens is 2. The fourth-order valence-corrected chi connectivity index (χ4v) is 7.01. The number of para-hydroxylation sites is 2. The third-order valence-corrected chi connectivity index (χ3v) is 8.52. The van der Waals surface area contributed by atoms with Crippen molar-refractivity contribution in [3.05, 3.63) is 100 Å². The van der Waals surface area contributed by atoms with Crippen molar-refractivity contribution in [2.45, 2.75) is 38.0 Å². The van der Waals surface area contributed by atoms with E-state index in [1.807, 2.05) is 19.9 Å². The zero-order valence-electron chi connectivity index (χ0n) is 22.1. The topological polar surface area (TPSA) is 84.3 Å². The van der Waals surface area contributed by atoms with Crippen molar-refractivity contribution in [2.75, 3.05) is 4.90 Å². The average molecular weight is 559 g/mol. The summed E-state index contributed by atoms with van der Waals surface area (Å²) in [7, 11) is 0. The molecule has 7 nitrogen and oxygen atoms in total. The number of carbonyl (C=O) groups is 2. The number of nitrogens with one attached hydrogen (secondary N) is 1. The van der Waals surface area contributed by atoms with Crippen LogP contribution in [0.25, 0.3) is 16.6 Å². The van der Waals surface area contributed by atoms with Crippen molar-refractivity contribution >= 4 is 28.4 Å². The first kappa shape index (κ1) is 25.6. The van der Waals surface area contributed by atoms with Gasteiger partial charge in [-0.05, 0) is 48.7 Å². The standard InChI is InChI=1S/C31H25F3N4O3/c1-16(2)14-22-24-25(28(41)37(27(24)40)18-9-7-8-17(15-18)31(32,33)34)30(36-22)20-11-4-6-13-23(20)38-26(39)19-10-3-5-12-21(19)35-29(30)38/h3-13,15-16,22,24-25,36H,14H2,1-2H3. The first-order chi connectivity index (χ1) is 19.5. The SMILES string of the molecule is CC(C)CC1NC2(c3ccccc3-n3c2nc2ccccc2c3=O)C2C(=O)N(c3cccc(C(F)(F)F)c3)C(=O)C12. The van der Waals surface area contributed by atoms with Gasteiger partial charge >= 0.3 is 6.18 Å². The number of imide groups is 1. The van der Waals surface area contributed by atoms with Crippen LogP contribution in [0, 0.1) is 17.8 Å². The van der Waals surface area contributed by atoms with Gasteiger partial charge in [-0.2, -0.15) is 13.2 Å². The third kappa shape index (κ3) is 3.43. The van der Waals surface area contributed by atoms with E-state index in [-0.39, 0.29) is 17.2 Å². The number of anilines is 1. The van der Waals surface area contributed by atoms with Crippen LogP contribution in [0.15, 0.2) is 77.6 Å². The maximum Gasteiger partial charge on any atom is 0.416 e. The highest BCUT2D eigenvalue weighted by molar-refractivity contribution is 6.23. The second kappa shape index (κ2) is 8.59. The maximum absolute atomic E-state index is 14.4. The van der Waals surface area contributed by atoms with E-state index in [1.165, 1.54) is 16.7 Å². The van der Waals surface area contributed by atoms with E-state index < -0.39 is 47.0 Å². The van der Waals surface area contributed by atoms with Gasteiger partial charge in [-0.1, -0.05) is 50.2 Å². The summed E-state index contributed by atoms with van der Waals surface area (Å²) in [5, 5.41) is 4.01. The van der Waals surface area contributed by atoms with Gasteiger partial charge in [-0.25, -0.2) is 9.88 Å². The van der Waals surface area contributed by atoms with E-state index in [1.54, 1.807) is 42.5 Å². The highest BCUT2D eigenvalue weighted by atomic mass is 19.4. The van der Waals surface area contributed by atoms with Gasteiger partial charge in [-0.3, -0.25) is 24.3 Å². The number of alkyl halides is 3. The number of hydrogen-bond donors (Lipinski definition) is 1. The molecule has 7 rings (SSSR count). The summed E-state index contributed by atoms with van der Waals surface area (Å²) in [4.78, 5) is 48.1. The summed E-state index contributed by atoms with van der Waals surface area (Å²) in [6, 6.07) is 17.9. The van der Waals surface area contributed by atoms with Gasteiger partial charge in [0.05, 0.1) is 39.7 Å². The van der Waals surface area contributed by atoms with Crippen LogP contribution in [0.5, 0.6) is 0 Å². The summed E-state index contributed by atoms with van der Waals surface area (Å²) < 4.78 is 42.3. The summed E-state index contributed by atoms with van der Waals surface area (Å²) in [5.74, 6) is -2.65. The summed E-state index contributed by atoms with van der Waals surface area (Å²) in [6.45, 7) is 4.00. The minimum atomic E-state index is -4.64. The Morgan fingerprint density at radius 3 is 2.44 bits per heavy atom. The number of hydrogen-bond acceptors (Lipinski definition) is 5. The average Bonchev–Trinajstić information content (AvgIpc) is 3.51. The minimum Gasteiger partial charge on any atom is -0.297 e. The molecule has 1 N–H and O–H groups in total. The number of rotatable bonds is 3. The van der Waals surface area contributed by atoms with Crippen molar-refractivity contribution in [1.29, 1.82) is 0 Å². The zero-order valence-corrected chi connectivity index (χ0v) is 22.1. The quantitative estimate of drug-likeness (QED) is 0.366. The summed E-state index contributed by atoms with van der Waals surface area (Å²) in [6.07, 6.45) is -4.12. The van der Waals surface area contributed by atoms with Crippen LogP contribution in [-0.2, 0) is 21.3 Å². The number of carbonyl (C=O) groups excluding carboxylic acids is 2. The zero-order chi connectivity index (χ0) is 28.8. The molecule has 1 spiro atoms. The van der Waals surface area contributed by atoms with Gasteiger partial charge in [0.1, 0.15) is 11.4 Å². The largest absolute Gasteiger partial charge is 0.416 e. The molecular formula is C31H25F3N4O3. The molecule has 208 valence electrons. The van der Waals surface area contributed by atoms with Crippen LogP contribution in [0.2, 0.25) is 0 Å². The first-order valence-electron chi connectivity index (χ1n) is 13.5. The minimum absolute atomic E-state index is 0.127. The van der Waals surface area contributed by atoms with Gasteiger partial charge in [-0.15, -0.1) is 0 Å². The molecule has 1 aromatic heterocycles. The molecule has 3 aliphatic rings. The number of nitrogens with zero attached hydrogens (tertiary/aromatic N) is 3. The Labute approximate surface area is 232 Å². The van der Waals surface area contributed by atoms with Crippen LogP contribution in [-0.4, -0.2) is 27.4 Å². The van der Waals surface area contributed by atoms with E-state index in [0.717, 1.165) is 17.0 Å². The second-order valence-corrected chi connectivity index (χ2v) is 11.4. The van der Waals surface area contributed by atoms with Gasteiger partial charge in [0.25, 0.3) is 5.56 Å². The van der Waals surface area contributed by atoms with Crippen molar-refractivity contribution < 1.29 is 22.8 Å². The van der Waals surface area contributed by atoms with Gasteiger partial charge in [0, 0.05) is 11.6 Å². The molecule has 0 bridgehead atoms. The highest BCUT2D eigenvalue weighted by Crippen LogP contribution is 2.56. The number of benzene rings is 3. The smallest absolute Gasteiger partial charge is 0.297 e. The van der Waals surface area contributed by atoms with Crippen LogP contribution < -0.4 is 15.8 Å². The van der Waals surface area contributed by atoms with Crippen LogP contribution >= 0.6 is 0 Å². The lowest BCUT2D eigenvalue weighted by molar-refractivity contribution is -0.137. The fraction of sp³-hybridized carbons (Fsp3) is 0.290. The van der Waals surface area contributed by atoms with E-state index in [4.69, 9.17) is 4.98 Å². The number of halogens is 3. The lowest BCUT2D eigenvalue weighted by Crippen LogP contribution is -2.50. The monoisotopic (exact) mass is 558 g/mol. The maximum atomic E-state index is 14.4. The summed E-state index contributed by atoms with van der Waals surface area (Å²) >= 11 is 0. The number of fused-ring (bicyclic) bond motifs is 8. The van der Waals surface area contributed by atoms with Crippen molar-refractivity contribution in [3.63, 3.8) is 0 Å². The number of amides is 2. The highest BCUT2D eigenvalue weighted by Gasteiger charge is 2.69. The second-order valence-electron chi connectivity index (χ2n) is 11.4. The Morgan fingerprint density at radius 2 is 1.68 bits per heavy atom. The van der Waals surface area contributed by atoms with E-state index in [9.17, 15) is 27.6 Å². The van der Waals surface area contributed by atoms with Crippen molar-refractivity contribution in [3.8, 4) is 5.69 Å². The van der Waals surface area contributed by atoms with Crippen molar-refractivity contribution in [2.24, 2.45) is 17.8 Å². The molecule has 4 heterocycles. The fourth-order valence-electron chi connectivity index (χ4n) is 7.01. The Bertz CT molecular complexity index is 1830. The van der Waals surface area contributed by atoms with E-state index in [0.29, 0.717) is 34.4 Å². The molecule has 3 aliphatic heterocycles. The normalized spacial score (nSPS) is 24.9. The molecule has 3 aromatic carbocycles. The van der Waals surface area contributed by atoms with Crippen LogP contribution in [0.1, 0.15) is 37.2 Å². The first-order valence-corrected chi connectivity index (χ1v) is 13.5. The Balaban J connectivity index is 1.49. The molecule has 4 atom stereocenters. The molecule has 41 heavy (non-hydrogen) atoms. The van der Waals surface area contributed by atoms with Gasteiger partial charge < -0.3 is 0 Å². The molecule has 0 radical (unpaired) electrons. The molecule has 10 heteroatoms. The Hall–Kier alpha value is -4.31. The summed E-state index contributed by atoms with van der Waals surface area (Å²) in [5.41, 5.74) is -1.07. The Kier molecular flexibility index (Phi) is 5.38. The third-order valence-electron chi connectivity index (χ3n) is 8.52. The molecule has 2 fully saturated rings. The van der Waals surface area contributed by atoms with E-state index in [2.05, 4.69) is 5.32 Å². The van der Waals surface area contributed by atoms with Crippen molar-refractivity contribution in [1.82, 2.24) is 14.9 Å². The molecule has 4 unspecified atom stereocenters. The van der Waals surface area contributed by atoms with Gasteiger partial charge in [0.15, 0.2) is 0 Å². The molecule has 0 aliphatic carbocycles. The van der Waals surface area contributed by atoms with Crippen LogP contribution in [0.3, 0.4) is 0 Å². The lowest BCUT2D eigenvalue weighted by Gasteiger charge is -2.32. The molecule has 2 amide bonds. The predicted octanol–water partition coefficient (Wildman–Crippen LogP) is 4.79. The van der Waals surface area contributed by atoms with Crippen LogP contribution in [0.4, 0.5) is 18.9 Å². The van der Waals surface area contributed by atoms with Gasteiger partial charge in [0.2, 0.25) is 11.8 Å². The molecule has 2 saturated heterocycles.